The summed E-state index contributed by atoms with van der Waals surface area (Å²) in [6.07, 6.45) is 1.15. The molecule has 2 aromatic heterocycles. The molecule has 2 rings (SSSR count). The highest BCUT2D eigenvalue weighted by Gasteiger charge is 2.06. The zero-order valence-electron chi connectivity index (χ0n) is 9.00. The first-order valence-electron chi connectivity index (χ1n) is 5.19. The lowest BCUT2D eigenvalue weighted by atomic mass is 10.3. The van der Waals surface area contributed by atoms with Gasteiger partial charge in [0.1, 0.15) is 5.01 Å². The van der Waals surface area contributed by atoms with Gasteiger partial charge in [-0.2, -0.15) is 0 Å². The van der Waals surface area contributed by atoms with Crippen molar-refractivity contribution in [3.63, 3.8) is 0 Å². The number of thiophene rings is 1. The lowest BCUT2D eigenvalue weighted by molar-refractivity contribution is 0.673. The monoisotopic (exact) mass is 272 g/mol. The van der Waals surface area contributed by atoms with Gasteiger partial charge in [0.15, 0.2) is 0 Å². The number of nitrogens with zero attached hydrogens (tertiary/aromatic N) is 1. The van der Waals surface area contributed by atoms with E-state index in [4.69, 9.17) is 11.6 Å². The Bertz CT molecular complexity index is 450. The summed E-state index contributed by atoms with van der Waals surface area (Å²) in [4.78, 5) is 4.57. The molecule has 0 aliphatic heterocycles. The molecule has 0 amide bonds. The van der Waals surface area contributed by atoms with Crippen LogP contribution in [0.1, 0.15) is 18.4 Å². The summed E-state index contributed by atoms with van der Waals surface area (Å²) in [5.41, 5.74) is 2.15. The van der Waals surface area contributed by atoms with Crippen molar-refractivity contribution in [2.45, 2.75) is 19.9 Å². The minimum atomic E-state index is 0.814. The van der Waals surface area contributed by atoms with Crippen molar-refractivity contribution in [2.24, 2.45) is 0 Å². The van der Waals surface area contributed by atoms with Crippen LogP contribution in [0, 0.1) is 0 Å². The predicted octanol–water partition coefficient (Wildman–Crippen LogP) is 4.02. The summed E-state index contributed by atoms with van der Waals surface area (Å²) in [6.45, 7) is 4.06. The zero-order chi connectivity index (χ0) is 11.4. The van der Waals surface area contributed by atoms with Crippen molar-refractivity contribution in [2.75, 3.05) is 6.54 Å². The van der Waals surface area contributed by atoms with E-state index in [-0.39, 0.29) is 0 Å². The number of thiazole rings is 1. The van der Waals surface area contributed by atoms with Gasteiger partial charge < -0.3 is 5.32 Å². The van der Waals surface area contributed by atoms with Crippen LogP contribution in [0.5, 0.6) is 0 Å². The fourth-order valence-corrected chi connectivity index (χ4v) is 2.99. The van der Waals surface area contributed by atoms with Crippen LogP contribution in [0.4, 0.5) is 0 Å². The largest absolute Gasteiger partial charge is 0.310 e. The second kappa shape index (κ2) is 5.77. The maximum atomic E-state index is 5.90. The Hall–Kier alpha value is -0.420. The van der Waals surface area contributed by atoms with E-state index in [2.05, 4.69) is 22.6 Å². The SMILES string of the molecule is CCCNCc1nc(-c2csc(Cl)c2)cs1. The van der Waals surface area contributed by atoms with Crippen molar-refractivity contribution >= 4 is 34.3 Å². The molecule has 2 nitrogen and oxygen atoms in total. The lowest BCUT2D eigenvalue weighted by Crippen LogP contribution is -2.13. The zero-order valence-corrected chi connectivity index (χ0v) is 11.4. The first-order valence-corrected chi connectivity index (χ1v) is 7.33. The molecule has 5 heteroatoms. The predicted molar refractivity (Wildman–Crippen MR) is 72.4 cm³/mol. The summed E-state index contributed by atoms with van der Waals surface area (Å²) >= 11 is 9.14. The van der Waals surface area contributed by atoms with Crippen LogP contribution in [0.15, 0.2) is 16.8 Å². The van der Waals surface area contributed by atoms with Crippen molar-refractivity contribution in [3.05, 3.63) is 26.2 Å². The summed E-state index contributed by atoms with van der Waals surface area (Å²) < 4.78 is 0.814. The average molecular weight is 273 g/mol. The highest BCUT2D eigenvalue weighted by molar-refractivity contribution is 7.14. The minimum absolute atomic E-state index is 0.814. The maximum absolute atomic E-state index is 5.90. The molecule has 2 aromatic rings. The van der Waals surface area contributed by atoms with E-state index in [1.807, 2.05) is 11.4 Å². The Morgan fingerprint density at radius 1 is 1.38 bits per heavy atom. The first-order chi connectivity index (χ1) is 7.79. The summed E-state index contributed by atoms with van der Waals surface area (Å²) in [5, 5.41) is 8.60. The third kappa shape index (κ3) is 3.04. The number of rotatable bonds is 5. The molecule has 0 radical (unpaired) electrons. The molecule has 0 bridgehead atoms. The maximum Gasteiger partial charge on any atom is 0.107 e. The van der Waals surface area contributed by atoms with Gasteiger partial charge in [-0.15, -0.1) is 22.7 Å². The van der Waals surface area contributed by atoms with Gasteiger partial charge in [0.25, 0.3) is 0 Å². The molecule has 0 aromatic carbocycles. The Morgan fingerprint density at radius 2 is 2.25 bits per heavy atom. The van der Waals surface area contributed by atoms with E-state index in [0.29, 0.717) is 0 Å². The van der Waals surface area contributed by atoms with Crippen molar-refractivity contribution < 1.29 is 0 Å². The van der Waals surface area contributed by atoms with Crippen LogP contribution in [-0.4, -0.2) is 11.5 Å². The number of nitrogens with one attached hydrogen (secondary N) is 1. The van der Waals surface area contributed by atoms with Crippen molar-refractivity contribution in [3.8, 4) is 11.3 Å². The Labute approximate surface area is 108 Å². The van der Waals surface area contributed by atoms with Crippen molar-refractivity contribution in [1.82, 2.24) is 10.3 Å². The lowest BCUT2D eigenvalue weighted by Gasteiger charge is -1.97. The van der Waals surface area contributed by atoms with Crippen LogP contribution in [0.3, 0.4) is 0 Å². The Morgan fingerprint density at radius 3 is 2.94 bits per heavy atom. The van der Waals surface area contributed by atoms with Gasteiger partial charge in [-0.25, -0.2) is 4.98 Å². The number of hydrogen-bond acceptors (Lipinski definition) is 4. The molecule has 0 saturated heterocycles. The van der Waals surface area contributed by atoms with E-state index in [0.717, 1.165) is 40.1 Å². The van der Waals surface area contributed by atoms with Gasteiger partial charge in [0.05, 0.1) is 10.0 Å². The number of aromatic nitrogens is 1. The van der Waals surface area contributed by atoms with E-state index in [1.165, 1.54) is 0 Å². The third-order valence-electron chi connectivity index (χ3n) is 2.12. The van der Waals surface area contributed by atoms with Gasteiger partial charge in [-0.3, -0.25) is 0 Å². The normalized spacial score (nSPS) is 10.9. The van der Waals surface area contributed by atoms with Crippen LogP contribution < -0.4 is 5.32 Å². The van der Waals surface area contributed by atoms with Crippen LogP contribution in [-0.2, 0) is 6.54 Å². The molecular weight excluding hydrogens is 260 g/mol. The molecule has 0 unspecified atom stereocenters. The van der Waals surface area contributed by atoms with Crippen LogP contribution in [0.25, 0.3) is 11.3 Å². The molecule has 0 spiro atoms. The van der Waals surface area contributed by atoms with Gasteiger partial charge in [-0.05, 0) is 19.0 Å². The fraction of sp³-hybridized carbons (Fsp3) is 0.364. The average Bonchev–Trinajstić information content (AvgIpc) is 2.87. The molecule has 0 aliphatic rings. The molecule has 0 atom stereocenters. The third-order valence-corrected chi connectivity index (χ3v) is 4.06. The highest BCUT2D eigenvalue weighted by Crippen LogP contribution is 2.29. The highest BCUT2D eigenvalue weighted by atomic mass is 35.5. The smallest absolute Gasteiger partial charge is 0.107 e. The second-order valence-corrected chi connectivity index (χ2v) is 5.93. The van der Waals surface area contributed by atoms with Gasteiger partial charge in [0, 0.05) is 22.9 Å². The topological polar surface area (TPSA) is 24.9 Å². The quantitative estimate of drug-likeness (QED) is 0.832. The van der Waals surface area contributed by atoms with E-state index >= 15 is 0 Å². The van der Waals surface area contributed by atoms with Gasteiger partial charge in [-0.1, -0.05) is 18.5 Å². The minimum Gasteiger partial charge on any atom is -0.310 e. The molecular formula is C11H13ClN2S2. The summed E-state index contributed by atoms with van der Waals surface area (Å²) in [6, 6.07) is 1.96. The van der Waals surface area contributed by atoms with Gasteiger partial charge in [0.2, 0.25) is 0 Å². The van der Waals surface area contributed by atoms with Crippen LogP contribution >= 0.6 is 34.3 Å². The molecule has 0 fully saturated rings. The van der Waals surface area contributed by atoms with E-state index in [9.17, 15) is 0 Å². The van der Waals surface area contributed by atoms with E-state index in [1.54, 1.807) is 22.7 Å². The van der Waals surface area contributed by atoms with Gasteiger partial charge >= 0.3 is 0 Å². The Kier molecular flexibility index (Phi) is 4.35. The molecule has 0 saturated carbocycles. The Balaban J connectivity index is 2.02. The fourth-order valence-electron chi connectivity index (χ4n) is 1.34. The van der Waals surface area contributed by atoms with Crippen molar-refractivity contribution in [1.29, 1.82) is 0 Å². The molecule has 2 heterocycles. The second-order valence-electron chi connectivity index (χ2n) is 3.44. The molecule has 86 valence electrons. The first kappa shape index (κ1) is 12.0. The molecule has 1 N–H and O–H groups in total. The molecule has 16 heavy (non-hydrogen) atoms. The van der Waals surface area contributed by atoms with Crippen LogP contribution in [0.2, 0.25) is 4.34 Å². The summed E-state index contributed by atoms with van der Waals surface area (Å²) in [5.74, 6) is 0. The summed E-state index contributed by atoms with van der Waals surface area (Å²) in [7, 11) is 0. The number of hydrogen-bond donors (Lipinski definition) is 1. The molecule has 0 aliphatic carbocycles. The standard InChI is InChI=1S/C11H13ClN2S2/c1-2-3-13-5-11-14-9(7-16-11)8-4-10(12)15-6-8/h4,6-7,13H,2-3,5H2,1H3. The van der Waals surface area contributed by atoms with E-state index < -0.39 is 0 Å². The number of halogens is 1.